The molecule has 0 N–H and O–H groups in total. The van der Waals surface area contributed by atoms with Gasteiger partial charge in [0.15, 0.2) is 0 Å². The fourth-order valence-corrected chi connectivity index (χ4v) is 2.75. The van der Waals surface area contributed by atoms with Crippen LogP contribution in [0.4, 0.5) is 13.2 Å². The van der Waals surface area contributed by atoms with E-state index in [1.54, 1.807) is 18.2 Å². The monoisotopic (exact) mass is 317 g/mol. The molecule has 0 radical (unpaired) electrons. The van der Waals surface area contributed by atoms with Crippen LogP contribution in [0.1, 0.15) is 24.3 Å². The Morgan fingerprint density at radius 2 is 2.00 bits per heavy atom. The molecule has 4 nitrogen and oxygen atoms in total. The molecule has 1 aliphatic rings. The van der Waals surface area contributed by atoms with Gasteiger partial charge in [-0.1, -0.05) is 0 Å². The summed E-state index contributed by atoms with van der Waals surface area (Å²) in [5.74, 6) is -0.786. The van der Waals surface area contributed by atoms with Crippen LogP contribution in [0.15, 0.2) is 18.2 Å². The van der Waals surface area contributed by atoms with Crippen molar-refractivity contribution in [1.29, 1.82) is 0 Å². The molecule has 1 fully saturated rings. The van der Waals surface area contributed by atoms with E-state index < -0.39 is 12.1 Å². The van der Waals surface area contributed by atoms with Crippen molar-refractivity contribution in [3.63, 3.8) is 0 Å². The third kappa shape index (κ3) is 3.45. The predicted molar refractivity (Wildman–Crippen MR) is 74.2 cm³/mol. The van der Waals surface area contributed by atoms with Crippen molar-refractivity contribution in [2.75, 3.05) is 27.3 Å². The van der Waals surface area contributed by atoms with Crippen LogP contribution in [-0.4, -0.2) is 44.3 Å². The van der Waals surface area contributed by atoms with Crippen LogP contribution in [0.5, 0.6) is 11.5 Å². The third-order valence-electron chi connectivity index (χ3n) is 3.83. The van der Waals surface area contributed by atoms with Gasteiger partial charge < -0.3 is 14.4 Å². The standard InChI is InChI=1S/C15H18F3NO3/c1-21-11-5-6-13(22-2)12(8-11)10-4-3-7-19(9-10)14(20)15(16,17)18/h5-6,8,10H,3-4,7,9H2,1-2H3. The van der Waals surface area contributed by atoms with Crippen LogP contribution in [0.2, 0.25) is 0 Å². The lowest BCUT2D eigenvalue weighted by molar-refractivity contribution is -0.186. The van der Waals surface area contributed by atoms with Gasteiger partial charge in [-0.05, 0) is 31.0 Å². The van der Waals surface area contributed by atoms with E-state index >= 15 is 0 Å². The summed E-state index contributed by atoms with van der Waals surface area (Å²) in [6, 6.07) is 5.20. The number of nitrogens with zero attached hydrogens (tertiary/aromatic N) is 1. The topological polar surface area (TPSA) is 38.8 Å². The minimum absolute atomic E-state index is 0.0296. The molecule has 1 saturated heterocycles. The van der Waals surface area contributed by atoms with Gasteiger partial charge in [-0.25, -0.2) is 0 Å². The highest BCUT2D eigenvalue weighted by atomic mass is 19.4. The van der Waals surface area contributed by atoms with Crippen LogP contribution in [0.25, 0.3) is 0 Å². The summed E-state index contributed by atoms with van der Waals surface area (Å²) in [6.07, 6.45) is -3.61. The van der Waals surface area contributed by atoms with Gasteiger partial charge in [0.2, 0.25) is 0 Å². The molecule has 1 aliphatic heterocycles. The minimum atomic E-state index is -4.83. The van der Waals surface area contributed by atoms with Crippen molar-refractivity contribution in [2.24, 2.45) is 0 Å². The van der Waals surface area contributed by atoms with E-state index in [1.807, 2.05) is 0 Å². The van der Waals surface area contributed by atoms with Crippen molar-refractivity contribution in [2.45, 2.75) is 24.9 Å². The first-order valence-corrected chi connectivity index (χ1v) is 6.95. The lowest BCUT2D eigenvalue weighted by Crippen LogP contribution is -2.45. The average Bonchev–Trinajstić information content (AvgIpc) is 2.52. The molecular formula is C15H18F3NO3. The Hall–Kier alpha value is -1.92. The van der Waals surface area contributed by atoms with Gasteiger partial charge in [-0.3, -0.25) is 4.79 Å². The summed E-state index contributed by atoms with van der Waals surface area (Å²) in [5.41, 5.74) is 0.765. The second-order valence-corrected chi connectivity index (χ2v) is 5.20. The summed E-state index contributed by atoms with van der Waals surface area (Å²) in [7, 11) is 3.03. The van der Waals surface area contributed by atoms with E-state index in [2.05, 4.69) is 0 Å². The Kier molecular flexibility index (Phi) is 4.83. The molecule has 1 aromatic carbocycles. The second-order valence-electron chi connectivity index (χ2n) is 5.20. The van der Waals surface area contributed by atoms with Crippen molar-refractivity contribution < 1.29 is 27.4 Å². The summed E-state index contributed by atoms with van der Waals surface area (Å²) < 4.78 is 48.2. The quantitative estimate of drug-likeness (QED) is 0.860. The number of methoxy groups -OCH3 is 2. The lowest BCUT2D eigenvalue weighted by atomic mass is 9.89. The highest BCUT2D eigenvalue weighted by Gasteiger charge is 2.43. The number of carbonyl (C=O) groups is 1. The zero-order valence-corrected chi connectivity index (χ0v) is 12.4. The molecule has 122 valence electrons. The van der Waals surface area contributed by atoms with Crippen molar-refractivity contribution in [3.8, 4) is 11.5 Å². The van der Waals surface area contributed by atoms with E-state index in [9.17, 15) is 18.0 Å². The minimum Gasteiger partial charge on any atom is -0.497 e. The van der Waals surface area contributed by atoms with Crippen molar-refractivity contribution in [1.82, 2.24) is 4.90 Å². The van der Waals surface area contributed by atoms with Crippen LogP contribution in [0.3, 0.4) is 0 Å². The maximum absolute atomic E-state index is 12.6. The van der Waals surface area contributed by atoms with Gasteiger partial charge in [0.05, 0.1) is 14.2 Å². The molecule has 2 rings (SSSR count). The van der Waals surface area contributed by atoms with E-state index in [-0.39, 0.29) is 19.0 Å². The van der Waals surface area contributed by atoms with Gasteiger partial charge in [0.25, 0.3) is 0 Å². The summed E-state index contributed by atoms with van der Waals surface area (Å²) in [4.78, 5) is 12.3. The number of halogens is 3. The summed E-state index contributed by atoms with van der Waals surface area (Å²) in [5, 5.41) is 0. The SMILES string of the molecule is COc1ccc(OC)c(C2CCCN(C(=O)C(F)(F)F)C2)c1. The molecule has 1 heterocycles. The Labute approximate surface area is 126 Å². The molecule has 7 heteroatoms. The number of piperidine rings is 1. The number of carbonyl (C=O) groups excluding carboxylic acids is 1. The van der Waals surface area contributed by atoms with E-state index in [0.29, 0.717) is 24.3 Å². The van der Waals surface area contributed by atoms with Gasteiger partial charge in [-0.15, -0.1) is 0 Å². The maximum atomic E-state index is 12.6. The molecule has 0 saturated carbocycles. The number of hydrogen-bond acceptors (Lipinski definition) is 3. The predicted octanol–water partition coefficient (Wildman–Crippen LogP) is 2.97. The zero-order chi connectivity index (χ0) is 16.3. The first-order valence-electron chi connectivity index (χ1n) is 6.95. The van der Waals surface area contributed by atoms with Crippen LogP contribution in [0, 0.1) is 0 Å². The fourth-order valence-electron chi connectivity index (χ4n) is 2.75. The third-order valence-corrected chi connectivity index (χ3v) is 3.83. The van der Waals surface area contributed by atoms with Gasteiger partial charge >= 0.3 is 12.1 Å². The Balaban J connectivity index is 2.24. The summed E-state index contributed by atoms with van der Waals surface area (Å²) in [6.45, 7) is 0.156. The Morgan fingerprint density at radius 1 is 1.27 bits per heavy atom. The molecule has 22 heavy (non-hydrogen) atoms. The Morgan fingerprint density at radius 3 is 2.59 bits per heavy atom. The summed E-state index contributed by atoms with van der Waals surface area (Å²) >= 11 is 0. The molecule has 1 atom stereocenters. The largest absolute Gasteiger partial charge is 0.497 e. The molecule has 0 aromatic heterocycles. The number of rotatable bonds is 3. The maximum Gasteiger partial charge on any atom is 0.471 e. The highest BCUT2D eigenvalue weighted by Crippen LogP contribution is 2.36. The van der Waals surface area contributed by atoms with E-state index in [4.69, 9.17) is 9.47 Å². The van der Waals surface area contributed by atoms with Crippen LogP contribution >= 0.6 is 0 Å². The fraction of sp³-hybridized carbons (Fsp3) is 0.533. The molecule has 1 unspecified atom stereocenters. The van der Waals surface area contributed by atoms with Gasteiger partial charge in [0.1, 0.15) is 11.5 Å². The molecule has 0 aliphatic carbocycles. The average molecular weight is 317 g/mol. The van der Waals surface area contributed by atoms with Gasteiger partial charge in [0, 0.05) is 24.6 Å². The second kappa shape index (κ2) is 6.46. The number of ether oxygens (including phenoxy) is 2. The van der Waals surface area contributed by atoms with Crippen LogP contribution < -0.4 is 9.47 Å². The molecular weight excluding hydrogens is 299 g/mol. The first kappa shape index (κ1) is 16.5. The van der Waals surface area contributed by atoms with Crippen molar-refractivity contribution >= 4 is 5.91 Å². The number of benzene rings is 1. The molecule has 0 bridgehead atoms. The van der Waals surface area contributed by atoms with Crippen LogP contribution in [-0.2, 0) is 4.79 Å². The number of alkyl halides is 3. The van der Waals surface area contributed by atoms with E-state index in [0.717, 1.165) is 10.5 Å². The number of likely N-dealkylation sites (tertiary alicyclic amines) is 1. The normalized spacial score (nSPS) is 19.0. The lowest BCUT2D eigenvalue weighted by Gasteiger charge is -2.34. The number of hydrogen-bond donors (Lipinski definition) is 0. The van der Waals surface area contributed by atoms with Crippen molar-refractivity contribution in [3.05, 3.63) is 23.8 Å². The van der Waals surface area contributed by atoms with E-state index in [1.165, 1.54) is 14.2 Å². The highest BCUT2D eigenvalue weighted by molar-refractivity contribution is 5.82. The number of amides is 1. The molecule has 0 spiro atoms. The Bertz CT molecular complexity index is 545. The molecule has 1 aromatic rings. The zero-order valence-electron chi connectivity index (χ0n) is 12.4. The van der Waals surface area contributed by atoms with Gasteiger partial charge in [-0.2, -0.15) is 13.2 Å². The molecule has 1 amide bonds. The first-order chi connectivity index (χ1) is 10.4. The smallest absolute Gasteiger partial charge is 0.471 e.